The summed E-state index contributed by atoms with van der Waals surface area (Å²) >= 11 is 0. The minimum atomic E-state index is 0.0860. The monoisotopic (exact) mass is 269 g/mol. The van der Waals surface area contributed by atoms with E-state index in [9.17, 15) is 0 Å². The zero-order valence-electron chi connectivity index (χ0n) is 12.7. The molecule has 0 fully saturated rings. The second-order valence-corrected chi connectivity index (χ2v) is 5.42. The van der Waals surface area contributed by atoms with Gasteiger partial charge in [-0.2, -0.15) is 0 Å². The number of hydrogen-bond donors (Lipinski definition) is 2. The number of hydrogen-bond acceptors (Lipinski definition) is 3. The first-order valence-corrected chi connectivity index (χ1v) is 6.98. The van der Waals surface area contributed by atoms with Crippen LogP contribution in [0.2, 0.25) is 0 Å². The first-order valence-electron chi connectivity index (χ1n) is 6.98. The fourth-order valence-corrected chi connectivity index (χ4v) is 2.70. The maximum Gasteiger partial charge on any atom is 0.0518 e. The number of aromatic nitrogens is 1. The van der Waals surface area contributed by atoms with Gasteiger partial charge in [0.2, 0.25) is 0 Å². The number of pyridine rings is 1. The highest BCUT2D eigenvalue weighted by Crippen LogP contribution is 2.24. The summed E-state index contributed by atoms with van der Waals surface area (Å²) in [7, 11) is 0. The molecule has 0 aliphatic carbocycles. The molecule has 1 aromatic carbocycles. The first-order chi connectivity index (χ1) is 9.52. The molecule has 0 aliphatic heterocycles. The normalized spacial score (nSPS) is 12.4. The smallest absolute Gasteiger partial charge is 0.0518 e. The standard InChI is InChI=1S/C17H23N3/c1-11-6-5-7-12(2)16(11)10-17(20-18)15-9-8-13(3)19-14(15)4/h5-9,17,20H,10,18H2,1-4H3. The van der Waals surface area contributed by atoms with Crippen LogP contribution in [0.3, 0.4) is 0 Å². The average Bonchev–Trinajstić information content (AvgIpc) is 2.40. The SMILES string of the molecule is Cc1ccc(C(Cc2c(C)cccc2C)NN)c(C)n1. The lowest BCUT2D eigenvalue weighted by molar-refractivity contribution is 0.544. The molecule has 0 aliphatic rings. The third-order valence-electron chi connectivity index (χ3n) is 3.90. The van der Waals surface area contributed by atoms with Crippen LogP contribution in [0, 0.1) is 27.7 Å². The second-order valence-electron chi connectivity index (χ2n) is 5.42. The van der Waals surface area contributed by atoms with Crippen molar-refractivity contribution in [2.24, 2.45) is 5.84 Å². The molecule has 0 saturated heterocycles. The Hall–Kier alpha value is -1.71. The Balaban J connectivity index is 2.34. The van der Waals surface area contributed by atoms with E-state index in [0.29, 0.717) is 0 Å². The van der Waals surface area contributed by atoms with E-state index in [1.54, 1.807) is 0 Å². The lowest BCUT2D eigenvalue weighted by Gasteiger charge is -2.20. The Labute approximate surface area is 121 Å². The zero-order chi connectivity index (χ0) is 14.7. The summed E-state index contributed by atoms with van der Waals surface area (Å²) < 4.78 is 0. The van der Waals surface area contributed by atoms with Gasteiger partial charge in [0.25, 0.3) is 0 Å². The number of benzene rings is 1. The van der Waals surface area contributed by atoms with Gasteiger partial charge in [-0.15, -0.1) is 0 Å². The molecule has 0 amide bonds. The number of nitrogens with one attached hydrogen (secondary N) is 1. The van der Waals surface area contributed by atoms with Crippen molar-refractivity contribution in [3.05, 3.63) is 64.0 Å². The Bertz CT molecular complexity index is 585. The topological polar surface area (TPSA) is 50.9 Å². The summed E-state index contributed by atoms with van der Waals surface area (Å²) in [5.74, 6) is 5.78. The van der Waals surface area contributed by atoms with Gasteiger partial charge in [0.15, 0.2) is 0 Å². The van der Waals surface area contributed by atoms with Crippen LogP contribution < -0.4 is 11.3 Å². The van der Waals surface area contributed by atoms with Gasteiger partial charge in [0.05, 0.1) is 6.04 Å². The number of nitrogens with zero attached hydrogens (tertiary/aromatic N) is 1. The van der Waals surface area contributed by atoms with Gasteiger partial charge in [0, 0.05) is 11.4 Å². The van der Waals surface area contributed by atoms with Crippen LogP contribution in [-0.4, -0.2) is 4.98 Å². The zero-order valence-corrected chi connectivity index (χ0v) is 12.7. The molecule has 3 nitrogen and oxygen atoms in total. The van der Waals surface area contributed by atoms with Crippen LogP contribution in [0.1, 0.15) is 39.7 Å². The van der Waals surface area contributed by atoms with Crippen molar-refractivity contribution >= 4 is 0 Å². The van der Waals surface area contributed by atoms with Crippen LogP contribution in [0.5, 0.6) is 0 Å². The van der Waals surface area contributed by atoms with Gasteiger partial charge in [-0.05, 0) is 62.4 Å². The van der Waals surface area contributed by atoms with Crippen molar-refractivity contribution in [2.45, 2.75) is 40.2 Å². The van der Waals surface area contributed by atoms with E-state index < -0.39 is 0 Å². The van der Waals surface area contributed by atoms with E-state index in [1.165, 1.54) is 22.3 Å². The van der Waals surface area contributed by atoms with Crippen LogP contribution in [0.25, 0.3) is 0 Å². The molecular weight excluding hydrogens is 246 g/mol. The van der Waals surface area contributed by atoms with Gasteiger partial charge < -0.3 is 0 Å². The lowest BCUT2D eigenvalue weighted by Crippen LogP contribution is -2.30. The Morgan fingerprint density at radius 2 is 1.70 bits per heavy atom. The predicted octanol–water partition coefficient (Wildman–Crippen LogP) is 3.06. The van der Waals surface area contributed by atoms with Crippen molar-refractivity contribution in [1.29, 1.82) is 0 Å². The quantitative estimate of drug-likeness (QED) is 0.662. The van der Waals surface area contributed by atoms with E-state index in [4.69, 9.17) is 5.84 Å². The summed E-state index contributed by atoms with van der Waals surface area (Å²) in [5.41, 5.74) is 10.2. The number of rotatable bonds is 4. The van der Waals surface area contributed by atoms with E-state index >= 15 is 0 Å². The molecule has 3 heteroatoms. The first kappa shape index (κ1) is 14.7. The van der Waals surface area contributed by atoms with Gasteiger partial charge in [-0.3, -0.25) is 16.3 Å². The van der Waals surface area contributed by atoms with Crippen molar-refractivity contribution in [3.8, 4) is 0 Å². The molecule has 0 radical (unpaired) electrons. The van der Waals surface area contributed by atoms with E-state index in [2.05, 4.69) is 48.5 Å². The molecule has 1 aromatic heterocycles. The maximum absolute atomic E-state index is 5.78. The molecule has 3 N–H and O–H groups in total. The Morgan fingerprint density at radius 3 is 2.25 bits per heavy atom. The summed E-state index contributed by atoms with van der Waals surface area (Å²) in [6, 6.07) is 10.6. The highest BCUT2D eigenvalue weighted by atomic mass is 15.2. The molecule has 1 atom stereocenters. The molecule has 1 heterocycles. The van der Waals surface area contributed by atoms with Crippen molar-refractivity contribution in [2.75, 3.05) is 0 Å². The third-order valence-corrected chi connectivity index (χ3v) is 3.90. The third kappa shape index (κ3) is 3.06. The van der Waals surface area contributed by atoms with Gasteiger partial charge in [-0.25, -0.2) is 0 Å². The number of nitrogens with two attached hydrogens (primary N) is 1. The molecule has 20 heavy (non-hydrogen) atoms. The van der Waals surface area contributed by atoms with Crippen molar-refractivity contribution in [1.82, 2.24) is 10.4 Å². The minimum Gasteiger partial charge on any atom is -0.271 e. The molecule has 0 saturated carbocycles. The maximum atomic E-state index is 5.78. The van der Waals surface area contributed by atoms with Gasteiger partial charge in [-0.1, -0.05) is 24.3 Å². The van der Waals surface area contributed by atoms with Gasteiger partial charge in [0.1, 0.15) is 0 Å². The summed E-state index contributed by atoms with van der Waals surface area (Å²) in [6.07, 6.45) is 0.876. The van der Waals surface area contributed by atoms with E-state index in [0.717, 1.165) is 17.8 Å². The molecule has 0 spiro atoms. The molecular formula is C17H23N3. The fraction of sp³-hybridized carbons (Fsp3) is 0.353. The summed E-state index contributed by atoms with van der Waals surface area (Å²) in [5, 5.41) is 0. The number of aryl methyl sites for hydroxylation is 4. The highest BCUT2D eigenvalue weighted by Gasteiger charge is 2.16. The fourth-order valence-electron chi connectivity index (χ4n) is 2.70. The van der Waals surface area contributed by atoms with Crippen molar-refractivity contribution in [3.63, 3.8) is 0 Å². The predicted molar refractivity (Wildman–Crippen MR) is 83.4 cm³/mol. The molecule has 2 rings (SSSR count). The van der Waals surface area contributed by atoms with Crippen molar-refractivity contribution < 1.29 is 0 Å². The Kier molecular flexibility index (Phi) is 4.53. The molecule has 1 unspecified atom stereocenters. The highest BCUT2D eigenvalue weighted by molar-refractivity contribution is 5.36. The molecule has 2 aromatic rings. The van der Waals surface area contributed by atoms with E-state index in [-0.39, 0.29) is 6.04 Å². The van der Waals surface area contributed by atoms with Crippen LogP contribution in [0.15, 0.2) is 30.3 Å². The molecule has 106 valence electrons. The lowest BCUT2D eigenvalue weighted by atomic mass is 9.92. The summed E-state index contributed by atoms with van der Waals surface area (Å²) in [6.45, 7) is 8.34. The van der Waals surface area contributed by atoms with Crippen LogP contribution >= 0.6 is 0 Å². The minimum absolute atomic E-state index is 0.0860. The number of hydrazine groups is 1. The largest absolute Gasteiger partial charge is 0.271 e. The van der Waals surface area contributed by atoms with E-state index in [1.807, 2.05) is 19.9 Å². The molecule has 0 bridgehead atoms. The van der Waals surface area contributed by atoms with Crippen LogP contribution in [0.4, 0.5) is 0 Å². The average molecular weight is 269 g/mol. The van der Waals surface area contributed by atoms with Gasteiger partial charge >= 0.3 is 0 Å². The second kappa shape index (κ2) is 6.16. The summed E-state index contributed by atoms with van der Waals surface area (Å²) in [4.78, 5) is 4.53. The van der Waals surface area contributed by atoms with Crippen LogP contribution in [-0.2, 0) is 6.42 Å². The Morgan fingerprint density at radius 1 is 1.05 bits per heavy atom.